The summed E-state index contributed by atoms with van der Waals surface area (Å²) in [6.45, 7) is 1.76. The van der Waals surface area contributed by atoms with Crippen LogP contribution in [0, 0.1) is 6.92 Å². The number of rotatable bonds is 0. The van der Waals surface area contributed by atoms with E-state index in [4.69, 9.17) is 11.6 Å². The molecule has 2 aromatic heterocycles. The van der Waals surface area contributed by atoms with Crippen LogP contribution in [0.2, 0.25) is 5.02 Å². The Morgan fingerprint density at radius 1 is 1.38 bits per heavy atom. The fourth-order valence-electron chi connectivity index (χ4n) is 1.20. The maximum absolute atomic E-state index is 9.31. The third kappa shape index (κ3) is 1.21. The van der Waals surface area contributed by atoms with Crippen molar-refractivity contribution in [2.75, 3.05) is 0 Å². The maximum Gasteiger partial charge on any atom is 0.215 e. The first-order chi connectivity index (χ1) is 6.20. The molecule has 2 aromatic rings. The summed E-state index contributed by atoms with van der Waals surface area (Å²) in [4.78, 5) is 7.92. The van der Waals surface area contributed by atoms with Gasteiger partial charge in [0.25, 0.3) is 0 Å². The minimum atomic E-state index is 0.00210. The van der Waals surface area contributed by atoms with Gasteiger partial charge in [-0.25, -0.2) is 4.98 Å². The summed E-state index contributed by atoms with van der Waals surface area (Å²) >= 11 is 5.92. The van der Waals surface area contributed by atoms with Crippen LogP contribution in [-0.2, 0) is 0 Å². The van der Waals surface area contributed by atoms with E-state index in [1.54, 1.807) is 19.2 Å². The lowest BCUT2D eigenvalue weighted by Gasteiger charge is -2.02. The third-order valence-corrected chi connectivity index (χ3v) is 2.27. The van der Waals surface area contributed by atoms with Crippen LogP contribution in [0.1, 0.15) is 5.56 Å². The number of aromatic hydroxyl groups is 1. The van der Waals surface area contributed by atoms with E-state index in [0.29, 0.717) is 16.1 Å². The molecule has 0 unspecified atom stereocenters. The molecule has 0 aliphatic heterocycles. The molecule has 0 spiro atoms. The lowest BCUT2D eigenvalue weighted by atomic mass is 10.2. The quantitative estimate of drug-likeness (QED) is 0.700. The summed E-state index contributed by atoms with van der Waals surface area (Å²) in [7, 11) is 0. The van der Waals surface area contributed by atoms with Crippen molar-refractivity contribution in [2.24, 2.45) is 0 Å². The highest BCUT2D eigenvalue weighted by molar-refractivity contribution is 6.35. The average molecular weight is 195 g/mol. The molecule has 0 fully saturated rings. The van der Waals surface area contributed by atoms with Crippen LogP contribution in [0.15, 0.2) is 18.5 Å². The van der Waals surface area contributed by atoms with Gasteiger partial charge in [0.1, 0.15) is 0 Å². The predicted octanol–water partition coefficient (Wildman–Crippen LogP) is 2.30. The van der Waals surface area contributed by atoms with Crippen molar-refractivity contribution < 1.29 is 5.11 Å². The molecular weight excluding hydrogens is 188 g/mol. The number of hydrogen-bond acceptors (Lipinski definition) is 3. The minimum absolute atomic E-state index is 0.00210. The smallest absolute Gasteiger partial charge is 0.215 e. The van der Waals surface area contributed by atoms with Gasteiger partial charge in [-0.05, 0) is 13.0 Å². The van der Waals surface area contributed by atoms with Gasteiger partial charge in [0.2, 0.25) is 5.88 Å². The SMILES string of the molecule is Cc1c(O)ncc2c(Cl)ccnc12. The monoisotopic (exact) mass is 194 g/mol. The van der Waals surface area contributed by atoms with E-state index in [1.807, 2.05) is 0 Å². The summed E-state index contributed by atoms with van der Waals surface area (Å²) in [6, 6.07) is 1.70. The van der Waals surface area contributed by atoms with Crippen molar-refractivity contribution in [2.45, 2.75) is 6.92 Å². The Kier molecular flexibility index (Phi) is 1.81. The number of nitrogens with zero attached hydrogens (tertiary/aromatic N) is 2. The molecule has 0 amide bonds. The molecule has 0 aromatic carbocycles. The van der Waals surface area contributed by atoms with Crippen molar-refractivity contribution in [3.8, 4) is 5.88 Å². The first-order valence-corrected chi connectivity index (χ1v) is 4.16. The molecule has 13 heavy (non-hydrogen) atoms. The molecule has 0 aliphatic rings. The molecule has 0 bridgehead atoms. The third-order valence-electron chi connectivity index (χ3n) is 1.94. The Bertz CT molecular complexity index is 470. The van der Waals surface area contributed by atoms with E-state index in [2.05, 4.69) is 9.97 Å². The Labute approximate surface area is 80.0 Å². The van der Waals surface area contributed by atoms with Crippen molar-refractivity contribution in [1.29, 1.82) is 0 Å². The summed E-state index contributed by atoms with van der Waals surface area (Å²) in [5, 5.41) is 10.7. The summed E-state index contributed by atoms with van der Waals surface area (Å²) in [5.41, 5.74) is 1.35. The van der Waals surface area contributed by atoms with Gasteiger partial charge in [0.05, 0.1) is 10.5 Å². The molecule has 0 saturated heterocycles. The molecule has 0 saturated carbocycles. The van der Waals surface area contributed by atoms with Crippen molar-refractivity contribution in [3.63, 3.8) is 0 Å². The average Bonchev–Trinajstić information content (AvgIpc) is 2.12. The first kappa shape index (κ1) is 8.26. The summed E-state index contributed by atoms with van der Waals surface area (Å²) in [5.74, 6) is 0.00210. The van der Waals surface area contributed by atoms with Crippen LogP contribution in [0.3, 0.4) is 0 Å². The Morgan fingerprint density at radius 2 is 2.15 bits per heavy atom. The molecule has 0 radical (unpaired) electrons. The molecule has 2 rings (SSSR count). The topological polar surface area (TPSA) is 46.0 Å². The first-order valence-electron chi connectivity index (χ1n) is 3.79. The molecule has 66 valence electrons. The van der Waals surface area contributed by atoms with Crippen molar-refractivity contribution in [3.05, 3.63) is 29.0 Å². The Morgan fingerprint density at radius 3 is 2.92 bits per heavy atom. The van der Waals surface area contributed by atoms with Gasteiger partial charge >= 0.3 is 0 Å². The van der Waals surface area contributed by atoms with Crippen molar-refractivity contribution >= 4 is 22.5 Å². The van der Waals surface area contributed by atoms with Crippen molar-refractivity contribution in [1.82, 2.24) is 9.97 Å². The summed E-state index contributed by atoms with van der Waals surface area (Å²) < 4.78 is 0. The second-order valence-electron chi connectivity index (χ2n) is 2.76. The fourth-order valence-corrected chi connectivity index (χ4v) is 1.39. The Hall–Kier alpha value is -1.35. The predicted molar refractivity (Wildman–Crippen MR) is 50.9 cm³/mol. The van der Waals surface area contributed by atoms with Gasteiger partial charge in [-0.2, -0.15) is 0 Å². The number of hydrogen-bond donors (Lipinski definition) is 1. The largest absolute Gasteiger partial charge is 0.493 e. The standard InChI is InChI=1S/C9H7ClN2O/c1-5-8-6(4-12-9(5)13)7(10)2-3-11-8/h2-4H,1H3,(H,12,13). The number of aryl methyl sites for hydroxylation is 1. The zero-order valence-corrected chi connectivity index (χ0v) is 7.71. The number of halogens is 1. The van der Waals surface area contributed by atoms with Gasteiger partial charge in [0, 0.05) is 23.3 Å². The van der Waals surface area contributed by atoms with E-state index in [9.17, 15) is 5.11 Å². The van der Waals surface area contributed by atoms with E-state index in [1.165, 1.54) is 6.20 Å². The van der Waals surface area contributed by atoms with Crippen LogP contribution in [0.5, 0.6) is 5.88 Å². The minimum Gasteiger partial charge on any atom is -0.493 e. The van der Waals surface area contributed by atoms with Gasteiger partial charge in [-0.3, -0.25) is 4.98 Å². The van der Waals surface area contributed by atoms with Gasteiger partial charge in [0.15, 0.2) is 0 Å². The van der Waals surface area contributed by atoms with Crippen LogP contribution in [0.25, 0.3) is 10.9 Å². The highest BCUT2D eigenvalue weighted by Gasteiger charge is 2.06. The Balaban J connectivity index is 2.94. The highest BCUT2D eigenvalue weighted by atomic mass is 35.5. The number of fused-ring (bicyclic) bond motifs is 1. The molecule has 4 heteroatoms. The van der Waals surface area contributed by atoms with Gasteiger partial charge in [-0.15, -0.1) is 0 Å². The van der Waals surface area contributed by atoms with E-state index < -0.39 is 0 Å². The molecule has 3 nitrogen and oxygen atoms in total. The van der Waals surface area contributed by atoms with Crippen LogP contribution in [0.4, 0.5) is 0 Å². The highest BCUT2D eigenvalue weighted by Crippen LogP contribution is 2.26. The zero-order chi connectivity index (χ0) is 9.42. The second-order valence-corrected chi connectivity index (χ2v) is 3.17. The maximum atomic E-state index is 9.31. The molecule has 0 atom stereocenters. The number of aromatic nitrogens is 2. The lowest BCUT2D eigenvalue weighted by Crippen LogP contribution is -1.87. The molecule has 0 aliphatic carbocycles. The van der Waals surface area contributed by atoms with E-state index in [0.717, 1.165) is 5.39 Å². The van der Waals surface area contributed by atoms with Gasteiger partial charge in [-0.1, -0.05) is 11.6 Å². The fraction of sp³-hybridized carbons (Fsp3) is 0.111. The second kappa shape index (κ2) is 2.85. The van der Waals surface area contributed by atoms with Crippen LogP contribution >= 0.6 is 11.6 Å². The molecular formula is C9H7ClN2O. The summed E-state index contributed by atoms with van der Waals surface area (Å²) in [6.07, 6.45) is 3.13. The van der Waals surface area contributed by atoms with Gasteiger partial charge < -0.3 is 5.11 Å². The normalized spacial score (nSPS) is 10.6. The molecule has 2 heterocycles. The molecule has 1 N–H and O–H groups in total. The zero-order valence-electron chi connectivity index (χ0n) is 6.95. The lowest BCUT2D eigenvalue weighted by molar-refractivity contribution is 0.450. The van der Waals surface area contributed by atoms with Crippen LogP contribution < -0.4 is 0 Å². The van der Waals surface area contributed by atoms with E-state index >= 15 is 0 Å². The number of pyridine rings is 2. The van der Waals surface area contributed by atoms with Crippen LogP contribution in [-0.4, -0.2) is 15.1 Å². The van der Waals surface area contributed by atoms with E-state index in [-0.39, 0.29) is 5.88 Å².